The van der Waals surface area contributed by atoms with Gasteiger partial charge in [0.2, 0.25) is 0 Å². The number of benzene rings is 2. The molecule has 0 aliphatic carbocycles. The summed E-state index contributed by atoms with van der Waals surface area (Å²) in [6.45, 7) is 5.11. The van der Waals surface area contributed by atoms with Gasteiger partial charge in [-0.15, -0.1) is 0 Å². The van der Waals surface area contributed by atoms with Gasteiger partial charge < -0.3 is 15.2 Å². The lowest BCUT2D eigenvalue weighted by Crippen LogP contribution is -2.27. The SMILES string of the molecule is CC(C)(C)OC(=O)Nc1ccc(Nc2cc(Br)ccc2C(=O)O)cc1F. The van der Waals surface area contributed by atoms with E-state index in [1.807, 2.05) is 0 Å². The van der Waals surface area contributed by atoms with E-state index in [1.165, 1.54) is 18.2 Å². The molecule has 0 aliphatic heterocycles. The van der Waals surface area contributed by atoms with Crippen LogP contribution in [0.3, 0.4) is 0 Å². The number of carbonyl (C=O) groups is 2. The summed E-state index contributed by atoms with van der Waals surface area (Å²) < 4.78 is 20.0. The molecule has 26 heavy (non-hydrogen) atoms. The Bertz CT molecular complexity index is 850. The van der Waals surface area contributed by atoms with E-state index in [2.05, 4.69) is 26.6 Å². The second kappa shape index (κ2) is 7.74. The smallest absolute Gasteiger partial charge is 0.412 e. The summed E-state index contributed by atoms with van der Waals surface area (Å²) in [5.41, 5.74) is -0.0604. The van der Waals surface area contributed by atoms with Crippen LogP contribution < -0.4 is 10.6 Å². The molecule has 8 heteroatoms. The highest BCUT2D eigenvalue weighted by Crippen LogP contribution is 2.27. The van der Waals surface area contributed by atoms with E-state index >= 15 is 0 Å². The Morgan fingerprint density at radius 3 is 2.38 bits per heavy atom. The van der Waals surface area contributed by atoms with E-state index in [4.69, 9.17) is 4.74 Å². The lowest BCUT2D eigenvalue weighted by Gasteiger charge is -2.20. The molecule has 0 unspecified atom stereocenters. The standard InChI is InChI=1S/C18H18BrFN2O4/c1-18(2,3)26-17(25)22-14-7-5-11(9-13(14)20)21-15-8-10(19)4-6-12(15)16(23)24/h4-9,21H,1-3H3,(H,22,25)(H,23,24). The van der Waals surface area contributed by atoms with Crippen molar-refractivity contribution in [2.45, 2.75) is 26.4 Å². The molecule has 2 aromatic rings. The predicted molar refractivity (Wildman–Crippen MR) is 101 cm³/mol. The van der Waals surface area contributed by atoms with E-state index in [0.717, 1.165) is 6.07 Å². The van der Waals surface area contributed by atoms with Crippen LogP contribution in [0.4, 0.5) is 26.2 Å². The Morgan fingerprint density at radius 1 is 1.12 bits per heavy atom. The van der Waals surface area contributed by atoms with Crippen molar-refractivity contribution in [1.82, 2.24) is 0 Å². The summed E-state index contributed by atoms with van der Waals surface area (Å²) in [6.07, 6.45) is -0.766. The first-order valence-electron chi connectivity index (χ1n) is 7.64. The largest absolute Gasteiger partial charge is 0.478 e. The van der Waals surface area contributed by atoms with E-state index in [0.29, 0.717) is 15.8 Å². The molecule has 6 nitrogen and oxygen atoms in total. The highest BCUT2D eigenvalue weighted by atomic mass is 79.9. The maximum atomic E-state index is 14.2. The first-order chi connectivity index (χ1) is 12.0. The number of carboxylic acid groups (broad SMARTS) is 1. The van der Waals surface area contributed by atoms with Crippen molar-refractivity contribution in [3.63, 3.8) is 0 Å². The van der Waals surface area contributed by atoms with E-state index < -0.39 is 23.5 Å². The maximum Gasteiger partial charge on any atom is 0.412 e. The van der Waals surface area contributed by atoms with Crippen molar-refractivity contribution in [3.05, 3.63) is 52.3 Å². The van der Waals surface area contributed by atoms with Crippen molar-refractivity contribution in [1.29, 1.82) is 0 Å². The normalized spacial score (nSPS) is 11.0. The fourth-order valence-electron chi connectivity index (χ4n) is 2.07. The molecule has 0 fully saturated rings. The van der Waals surface area contributed by atoms with Gasteiger partial charge in [-0.25, -0.2) is 14.0 Å². The van der Waals surface area contributed by atoms with Gasteiger partial charge >= 0.3 is 12.1 Å². The Labute approximate surface area is 158 Å². The molecule has 1 amide bonds. The first-order valence-corrected chi connectivity index (χ1v) is 8.44. The quantitative estimate of drug-likeness (QED) is 0.613. The average Bonchev–Trinajstić information content (AvgIpc) is 2.48. The zero-order valence-electron chi connectivity index (χ0n) is 14.4. The number of amides is 1. The summed E-state index contributed by atoms with van der Waals surface area (Å²) in [5.74, 6) is -1.79. The molecule has 0 saturated carbocycles. The number of anilines is 3. The van der Waals surface area contributed by atoms with Gasteiger partial charge in [-0.2, -0.15) is 0 Å². The number of nitrogens with one attached hydrogen (secondary N) is 2. The lowest BCUT2D eigenvalue weighted by atomic mass is 10.1. The van der Waals surface area contributed by atoms with E-state index in [-0.39, 0.29) is 11.3 Å². The highest BCUT2D eigenvalue weighted by Gasteiger charge is 2.18. The minimum Gasteiger partial charge on any atom is -0.478 e. The monoisotopic (exact) mass is 424 g/mol. The number of carboxylic acids is 1. The third kappa shape index (κ3) is 5.45. The van der Waals surface area contributed by atoms with Crippen LogP contribution in [0.15, 0.2) is 40.9 Å². The Hall–Kier alpha value is -2.61. The molecule has 0 aliphatic rings. The van der Waals surface area contributed by atoms with Gasteiger partial charge in [0, 0.05) is 10.2 Å². The number of aromatic carboxylic acids is 1. The van der Waals surface area contributed by atoms with Gasteiger partial charge in [0.05, 0.1) is 16.9 Å². The Morgan fingerprint density at radius 2 is 1.81 bits per heavy atom. The van der Waals surface area contributed by atoms with Gasteiger partial charge in [0.25, 0.3) is 0 Å². The number of rotatable bonds is 4. The van der Waals surface area contributed by atoms with Crippen molar-refractivity contribution < 1.29 is 23.8 Å². The van der Waals surface area contributed by atoms with Crippen molar-refractivity contribution in [3.8, 4) is 0 Å². The number of carbonyl (C=O) groups excluding carboxylic acids is 1. The second-order valence-electron chi connectivity index (χ2n) is 6.44. The molecule has 0 heterocycles. The fraction of sp³-hybridized carbons (Fsp3) is 0.222. The molecule has 0 atom stereocenters. The number of hydrogen-bond acceptors (Lipinski definition) is 4. The predicted octanol–water partition coefficient (Wildman–Crippen LogP) is 5.38. The summed E-state index contributed by atoms with van der Waals surface area (Å²) in [4.78, 5) is 23.0. The zero-order valence-corrected chi connectivity index (χ0v) is 16.0. The van der Waals surface area contributed by atoms with Crippen LogP contribution in [0, 0.1) is 5.82 Å². The number of ether oxygens (including phenoxy) is 1. The summed E-state index contributed by atoms with van der Waals surface area (Å²) >= 11 is 3.27. The van der Waals surface area contributed by atoms with Gasteiger partial charge in [-0.1, -0.05) is 15.9 Å². The topological polar surface area (TPSA) is 87.7 Å². The Balaban J connectivity index is 2.19. The molecule has 0 spiro atoms. The third-order valence-electron chi connectivity index (χ3n) is 3.10. The summed E-state index contributed by atoms with van der Waals surface area (Å²) in [5, 5.41) is 14.4. The number of halogens is 2. The first kappa shape index (κ1) is 19.7. The molecular weight excluding hydrogens is 407 g/mol. The van der Waals surface area contributed by atoms with E-state index in [9.17, 15) is 19.1 Å². The van der Waals surface area contributed by atoms with Crippen LogP contribution in [0.25, 0.3) is 0 Å². The fourth-order valence-corrected chi connectivity index (χ4v) is 2.43. The molecule has 2 rings (SSSR count). The lowest BCUT2D eigenvalue weighted by molar-refractivity contribution is 0.0633. The molecular formula is C18H18BrFN2O4. The van der Waals surface area contributed by atoms with Gasteiger partial charge in [-0.05, 0) is 57.2 Å². The Kier molecular flexibility index (Phi) is 5.86. The minimum atomic E-state index is -1.11. The van der Waals surface area contributed by atoms with Crippen LogP contribution in [-0.4, -0.2) is 22.8 Å². The van der Waals surface area contributed by atoms with Crippen molar-refractivity contribution in [2.75, 3.05) is 10.6 Å². The average molecular weight is 425 g/mol. The highest BCUT2D eigenvalue weighted by molar-refractivity contribution is 9.10. The van der Waals surface area contributed by atoms with Gasteiger partial charge in [0.1, 0.15) is 11.4 Å². The van der Waals surface area contributed by atoms with Crippen LogP contribution >= 0.6 is 15.9 Å². The van der Waals surface area contributed by atoms with Crippen LogP contribution in [0.2, 0.25) is 0 Å². The van der Waals surface area contributed by atoms with Crippen LogP contribution in [0.5, 0.6) is 0 Å². The molecule has 0 saturated heterocycles. The molecule has 3 N–H and O–H groups in total. The van der Waals surface area contributed by atoms with Crippen molar-refractivity contribution in [2.24, 2.45) is 0 Å². The molecule has 0 bridgehead atoms. The molecule has 138 valence electrons. The molecule has 0 aromatic heterocycles. The zero-order chi connectivity index (χ0) is 19.5. The van der Waals surface area contributed by atoms with Crippen LogP contribution in [0.1, 0.15) is 31.1 Å². The van der Waals surface area contributed by atoms with E-state index in [1.54, 1.807) is 32.9 Å². The van der Waals surface area contributed by atoms with Crippen molar-refractivity contribution >= 4 is 45.1 Å². The summed E-state index contributed by atoms with van der Waals surface area (Å²) in [7, 11) is 0. The van der Waals surface area contributed by atoms with Crippen LogP contribution in [-0.2, 0) is 4.74 Å². The minimum absolute atomic E-state index is 0.0440. The maximum absolute atomic E-state index is 14.2. The third-order valence-corrected chi connectivity index (χ3v) is 3.59. The number of hydrogen-bond donors (Lipinski definition) is 3. The molecule has 2 aromatic carbocycles. The van der Waals surface area contributed by atoms with Gasteiger partial charge in [0.15, 0.2) is 0 Å². The van der Waals surface area contributed by atoms with Gasteiger partial charge in [-0.3, -0.25) is 5.32 Å². The molecule has 0 radical (unpaired) electrons. The summed E-state index contributed by atoms with van der Waals surface area (Å²) in [6, 6.07) is 8.64. The second-order valence-corrected chi connectivity index (χ2v) is 7.36.